The molecular formula is C13H22N2O2S2. The first kappa shape index (κ1) is 16.5. The van der Waals surface area contributed by atoms with E-state index in [1.165, 1.54) is 4.31 Å². The first-order chi connectivity index (χ1) is 8.84. The lowest BCUT2D eigenvalue weighted by Gasteiger charge is -2.19. The van der Waals surface area contributed by atoms with E-state index in [9.17, 15) is 8.42 Å². The first-order valence-electron chi connectivity index (χ1n) is 6.10. The van der Waals surface area contributed by atoms with Gasteiger partial charge >= 0.3 is 0 Å². The van der Waals surface area contributed by atoms with Gasteiger partial charge in [-0.25, -0.2) is 12.7 Å². The maximum absolute atomic E-state index is 12.6. The van der Waals surface area contributed by atoms with Gasteiger partial charge in [-0.2, -0.15) is 11.8 Å². The Morgan fingerprint density at radius 3 is 2.47 bits per heavy atom. The number of nitrogens with two attached hydrogens (primary N) is 1. The molecule has 0 aromatic heterocycles. The van der Waals surface area contributed by atoms with Crippen molar-refractivity contribution in [1.82, 2.24) is 4.31 Å². The quantitative estimate of drug-likeness (QED) is 0.869. The number of benzene rings is 1. The molecule has 19 heavy (non-hydrogen) atoms. The zero-order chi connectivity index (χ0) is 14.6. The SMILES string of the molecule is CSCCN(C)S(=O)(=O)c1cc(CN)cc(C)c1C. The van der Waals surface area contributed by atoms with Gasteiger partial charge < -0.3 is 5.73 Å². The highest BCUT2D eigenvalue weighted by atomic mass is 32.2. The average Bonchev–Trinajstić information content (AvgIpc) is 2.38. The van der Waals surface area contributed by atoms with Crippen LogP contribution in [0, 0.1) is 13.8 Å². The highest BCUT2D eigenvalue weighted by Gasteiger charge is 2.23. The fourth-order valence-electron chi connectivity index (χ4n) is 1.79. The van der Waals surface area contributed by atoms with Crippen molar-refractivity contribution in [3.8, 4) is 0 Å². The van der Waals surface area contributed by atoms with Crippen LogP contribution in [-0.4, -0.2) is 38.3 Å². The second kappa shape index (κ2) is 6.74. The monoisotopic (exact) mass is 302 g/mol. The molecule has 0 bridgehead atoms. The van der Waals surface area contributed by atoms with Crippen LogP contribution in [0.3, 0.4) is 0 Å². The van der Waals surface area contributed by atoms with E-state index >= 15 is 0 Å². The molecule has 0 heterocycles. The highest BCUT2D eigenvalue weighted by molar-refractivity contribution is 7.98. The van der Waals surface area contributed by atoms with Crippen molar-refractivity contribution in [2.24, 2.45) is 5.73 Å². The van der Waals surface area contributed by atoms with Crippen molar-refractivity contribution in [2.75, 3.05) is 25.6 Å². The Bertz CT molecular complexity index is 542. The zero-order valence-corrected chi connectivity index (χ0v) is 13.6. The predicted octanol–water partition coefficient (Wildman–Crippen LogP) is 1.75. The molecule has 0 saturated heterocycles. The van der Waals surface area contributed by atoms with E-state index in [1.54, 1.807) is 24.9 Å². The van der Waals surface area contributed by atoms with Gasteiger partial charge in [0.05, 0.1) is 4.90 Å². The number of hydrogen-bond acceptors (Lipinski definition) is 4. The Morgan fingerprint density at radius 1 is 1.32 bits per heavy atom. The Balaban J connectivity index is 3.24. The van der Waals surface area contributed by atoms with Crippen LogP contribution in [0.4, 0.5) is 0 Å². The molecule has 0 aliphatic heterocycles. The van der Waals surface area contributed by atoms with Gasteiger partial charge in [0.1, 0.15) is 0 Å². The molecule has 1 rings (SSSR count). The summed E-state index contributed by atoms with van der Waals surface area (Å²) in [4.78, 5) is 0.372. The summed E-state index contributed by atoms with van der Waals surface area (Å²) in [6.07, 6.45) is 1.96. The third-order valence-corrected chi connectivity index (χ3v) is 5.79. The van der Waals surface area contributed by atoms with Crippen LogP contribution in [0.2, 0.25) is 0 Å². The van der Waals surface area contributed by atoms with Gasteiger partial charge in [-0.05, 0) is 42.9 Å². The number of aryl methyl sites for hydroxylation is 1. The van der Waals surface area contributed by atoms with E-state index in [4.69, 9.17) is 5.73 Å². The van der Waals surface area contributed by atoms with Crippen LogP contribution in [0.1, 0.15) is 16.7 Å². The molecule has 1 aromatic carbocycles. The molecule has 108 valence electrons. The Morgan fingerprint density at radius 2 is 1.95 bits per heavy atom. The maximum atomic E-state index is 12.6. The molecule has 0 unspecified atom stereocenters. The Labute approximate surface area is 120 Å². The highest BCUT2D eigenvalue weighted by Crippen LogP contribution is 2.23. The molecule has 4 nitrogen and oxygen atoms in total. The summed E-state index contributed by atoms with van der Waals surface area (Å²) < 4.78 is 26.5. The molecule has 0 radical (unpaired) electrons. The van der Waals surface area contributed by atoms with Gasteiger partial charge in [0.15, 0.2) is 0 Å². The molecule has 0 spiro atoms. The Hall–Kier alpha value is -0.560. The third-order valence-electron chi connectivity index (χ3n) is 3.21. The van der Waals surface area contributed by atoms with E-state index in [0.717, 1.165) is 22.4 Å². The summed E-state index contributed by atoms with van der Waals surface area (Å²) in [5, 5.41) is 0. The van der Waals surface area contributed by atoms with Crippen LogP contribution >= 0.6 is 11.8 Å². The van der Waals surface area contributed by atoms with Crippen LogP contribution < -0.4 is 5.73 Å². The van der Waals surface area contributed by atoms with Gasteiger partial charge in [-0.15, -0.1) is 0 Å². The van der Waals surface area contributed by atoms with Gasteiger partial charge in [-0.1, -0.05) is 6.07 Å². The van der Waals surface area contributed by atoms with E-state index in [2.05, 4.69) is 0 Å². The van der Waals surface area contributed by atoms with Crippen molar-refractivity contribution >= 4 is 21.8 Å². The molecule has 0 fully saturated rings. The fourth-order valence-corrected chi connectivity index (χ4v) is 3.88. The second-order valence-corrected chi connectivity index (χ2v) is 7.56. The largest absolute Gasteiger partial charge is 0.326 e. The molecule has 0 aliphatic carbocycles. The summed E-state index contributed by atoms with van der Waals surface area (Å²) in [6, 6.07) is 3.63. The lowest BCUT2D eigenvalue weighted by atomic mass is 10.1. The zero-order valence-electron chi connectivity index (χ0n) is 11.9. The number of sulfonamides is 1. The van der Waals surface area contributed by atoms with E-state index < -0.39 is 10.0 Å². The summed E-state index contributed by atoms with van der Waals surface area (Å²) in [5.74, 6) is 0.782. The van der Waals surface area contributed by atoms with Crippen LogP contribution in [-0.2, 0) is 16.6 Å². The predicted molar refractivity (Wildman–Crippen MR) is 82.0 cm³/mol. The molecule has 0 amide bonds. The molecule has 6 heteroatoms. The molecule has 1 aromatic rings. The normalized spacial score (nSPS) is 12.1. The third kappa shape index (κ3) is 3.72. The van der Waals surface area contributed by atoms with Crippen molar-refractivity contribution in [3.05, 3.63) is 28.8 Å². The van der Waals surface area contributed by atoms with Gasteiger partial charge in [0, 0.05) is 25.9 Å². The summed E-state index contributed by atoms with van der Waals surface area (Å²) in [6.45, 7) is 4.60. The Kier molecular flexibility index (Phi) is 5.85. The summed E-state index contributed by atoms with van der Waals surface area (Å²) >= 11 is 1.63. The number of nitrogens with zero attached hydrogens (tertiary/aromatic N) is 1. The van der Waals surface area contributed by atoms with E-state index in [1.807, 2.05) is 26.2 Å². The average molecular weight is 302 g/mol. The van der Waals surface area contributed by atoms with Crippen molar-refractivity contribution in [1.29, 1.82) is 0 Å². The topological polar surface area (TPSA) is 63.4 Å². The van der Waals surface area contributed by atoms with Gasteiger partial charge in [0.2, 0.25) is 10.0 Å². The minimum absolute atomic E-state index is 0.345. The van der Waals surface area contributed by atoms with Crippen molar-refractivity contribution in [3.63, 3.8) is 0 Å². The van der Waals surface area contributed by atoms with Crippen LogP contribution in [0.25, 0.3) is 0 Å². The summed E-state index contributed by atoms with van der Waals surface area (Å²) in [5.41, 5.74) is 8.23. The van der Waals surface area contributed by atoms with E-state index in [0.29, 0.717) is 18.0 Å². The van der Waals surface area contributed by atoms with E-state index in [-0.39, 0.29) is 0 Å². The fraction of sp³-hybridized carbons (Fsp3) is 0.538. The van der Waals surface area contributed by atoms with Crippen LogP contribution in [0.15, 0.2) is 17.0 Å². The molecule has 0 saturated carbocycles. The minimum atomic E-state index is -3.43. The first-order valence-corrected chi connectivity index (χ1v) is 8.93. The molecule has 2 N–H and O–H groups in total. The second-order valence-electron chi connectivity index (χ2n) is 4.56. The maximum Gasteiger partial charge on any atom is 0.243 e. The van der Waals surface area contributed by atoms with Gasteiger partial charge in [0.25, 0.3) is 0 Å². The van der Waals surface area contributed by atoms with Crippen LogP contribution in [0.5, 0.6) is 0 Å². The lowest BCUT2D eigenvalue weighted by Crippen LogP contribution is -2.30. The standard InChI is InChI=1S/C13H22N2O2S2/c1-10-7-12(9-14)8-13(11(10)2)19(16,17)15(3)5-6-18-4/h7-8H,5-6,9,14H2,1-4H3. The summed E-state index contributed by atoms with van der Waals surface area (Å²) in [7, 11) is -1.81. The molecular weight excluding hydrogens is 280 g/mol. The van der Waals surface area contributed by atoms with Crippen molar-refractivity contribution in [2.45, 2.75) is 25.3 Å². The van der Waals surface area contributed by atoms with Crippen molar-refractivity contribution < 1.29 is 8.42 Å². The number of thioether (sulfide) groups is 1. The van der Waals surface area contributed by atoms with Gasteiger partial charge in [-0.3, -0.25) is 0 Å². The molecule has 0 atom stereocenters. The lowest BCUT2D eigenvalue weighted by molar-refractivity contribution is 0.488. The number of hydrogen-bond donors (Lipinski definition) is 1. The number of rotatable bonds is 6. The smallest absolute Gasteiger partial charge is 0.243 e. The minimum Gasteiger partial charge on any atom is -0.326 e. The molecule has 0 aliphatic rings.